The van der Waals surface area contributed by atoms with E-state index in [1.54, 1.807) is 0 Å². The van der Waals surface area contributed by atoms with Gasteiger partial charge in [-0.15, -0.1) is 0 Å². The van der Waals surface area contributed by atoms with Gasteiger partial charge in [-0.25, -0.2) is 4.79 Å². The Kier molecular flexibility index (Phi) is 4.54. The van der Waals surface area contributed by atoms with Gasteiger partial charge < -0.3 is 10.1 Å². The summed E-state index contributed by atoms with van der Waals surface area (Å²) in [4.78, 5) is 24.7. The lowest BCUT2D eigenvalue weighted by atomic mass is 10.3. The molecule has 2 rings (SSSR count). The van der Waals surface area contributed by atoms with Crippen molar-refractivity contribution in [2.75, 3.05) is 5.32 Å². The summed E-state index contributed by atoms with van der Waals surface area (Å²) in [5.41, 5.74) is 0.329. The van der Waals surface area contributed by atoms with E-state index in [1.165, 1.54) is 12.1 Å². The van der Waals surface area contributed by atoms with E-state index in [4.69, 9.17) is 27.9 Å². The number of carbonyl (C=O) groups is 1. The highest BCUT2D eigenvalue weighted by Gasteiger charge is 2.15. The monoisotopic (exact) mass is 331 g/mol. The van der Waals surface area contributed by atoms with Gasteiger partial charge in [0.25, 0.3) is 5.91 Å². The third kappa shape index (κ3) is 3.77. The number of hydrogen-bond acceptors (Lipinski definition) is 5. The van der Waals surface area contributed by atoms with Crippen LogP contribution in [0.4, 0.5) is 5.69 Å². The molecule has 1 heterocycles. The maximum Gasteiger partial charge on any atom is 0.439 e. The molecule has 21 heavy (non-hydrogen) atoms. The van der Waals surface area contributed by atoms with Gasteiger partial charge in [-0.1, -0.05) is 23.2 Å². The van der Waals surface area contributed by atoms with Gasteiger partial charge >= 0.3 is 5.76 Å². The molecule has 0 spiro atoms. The van der Waals surface area contributed by atoms with Crippen molar-refractivity contribution in [2.45, 2.75) is 20.0 Å². The van der Waals surface area contributed by atoms with E-state index in [0.717, 1.165) is 0 Å². The number of nitrogens with zero attached hydrogens (tertiary/aromatic N) is 1. The summed E-state index contributed by atoms with van der Waals surface area (Å²) in [7, 11) is 0. The molecule has 0 saturated carbocycles. The van der Waals surface area contributed by atoms with E-state index in [9.17, 15) is 9.59 Å². The van der Waals surface area contributed by atoms with Gasteiger partial charge in [0.15, 0.2) is 5.75 Å². The van der Waals surface area contributed by atoms with Crippen LogP contribution < -0.4 is 15.8 Å². The molecule has 7 nitrogen and oxygen atoms in total. The van der Waals surface area contributed by atoms with Gasteiger partial charge in [0.1, 0.15) is 0 Å². The number of carbonyl (C=O) groups excluding carboxylic acids is 1. The molecule has 0 bridgehead atoms. The molecule has 2 N–H and O–H groups in total. The number of amides is 1. The summed E-state index contributed by atoms with van der Waals surface area (Å²) in [6.07, 6.45) is -0.0966. The molecule has 2 aromatic rings. The fourth-order valence-corrected chi connectivity index (χ4v) is 2.07. The Bertz CT molecular complexity index is 700. The highest BCUT2D eigenvalue weighted by Crippen LogP contribution is 2.36. The van der Waals surface area contributed by atoms with Crippen LogP contribution >= 0.6 is 23.2 Å². The summed E-state index contributed by atoms with van der Waals surface area (Å²) in [5, 5.41) is 6.25. The minimum absolute atomic E-state index is 0.0966. The zero-order valence-electron chi connectivity index (χ0n) is 11.1. The summed E-state index contributed by atoms with van der Waals surface area (Å²) < 4.78 is 9.71. The topological polar surface area (TPSA) is 97.2 Å². The molecule has 1 aromatic heterocycles. The molecule has 0 aliphatic heterocycles. The second kappa shape index (κ2) is 6.19. The van der Waals surface area contributed by atoms with Gasteiger partial charge in [-0.2, -0.15) is 0 Å². The fraction of sp³-hybridized carbons (Fsp3) is 0.250. The van der Waals surface area contributed by atoms with Gasteiger partial charge in [-0.3, -0.25) is 14.3 Å². The largest absolute Gasteiger partial charge is 0.488 e. The van der Waals surface area contributed by atoms with E-state index in [0.29, 0.717) is 11.4 Å². The Morgan fingerprint density at radius 2 is 2.00 bits per heavy atom. The molecule has 0 radical (unpaired) electrons. The predicted octanol–water partition coefficient (Wildman–Crippen LogP) is 2.71. The second-order valence-electron chi connectivity index (χ2n) is 4.33. The highest BCUT2D eigenvalue weighted by atomic mass is 35.5. The summed E-state index contributed by atoms with van der Waals surface area (Å²) in [5.74, 6) is -1.40. The molecule has 112 valence electrons. The second-order valence-corrected chi connectivity index (χ2v) is 5.15. The maximum absolute atomic E-state index is 11.8. The molecule has 1 amide bonds. The van der Waals surface area contributed by atoms with Crippen LogP contribution in [0.5, 0.6) is 5.75 Å². The minimum Gasteiger partial charge on any atom is -0.488 e. The molecule has 0 atom stereocenters. The van der Waals surface area contributed by atoms with Crippen LogP contribution in [-0.2, 0) is 0 Å². The maximum atomic E-state index is 11.8. The number of benzene rings is 1. The average molecular weight is 332 g/mol. The average Bonchev–Trinajstić information content (AvgIpc) is 2.80. The molecule has 0 aliphatic carbocycles. The first-order valence-corrected chi connectivity index (χ1v) is 6.65. The van der Waals surface area contributed by atoms with Crippen molar-refractivity contribution in [3.63, 3.8) is 0 Å². The number of ether oxygens (including phenoxy) is 1. The van der Waals surface area contributed by atoms with Gasteiger partial charge in [-0.05, 0) is 31.1 Å². The number of anilines is 1. The summed E-state index contributed by atoms with van der Waals surface area (Å²) in [6, 6.07) is 2.95. The molecular formula is C12H11Cl2N3O4. The fourth-order valence-electron chi connectivity index (χ4n) is 1.50. The number of rotatable bonds is 4. The molecule has 9 heteroatoms. The van der Waals surface area contributed by atoms with Crippen LogP contribution in [0, 0.1) is 0 Å². The Balaban J connectivity index is 2.22. The number of hydrogen-bond donors (Lipinski definition) is 2. The zero-order valence-corrected chi connectivity index (χ0v) is 12.6. The van der Waals surface area contributed by atoms with Crippen LogP contribution in [0.2, 0.25) is 10.0 Å². The Morgan fingerprint density at radius 1 is 1.38 bits per heavy atom. The lowest BCUT2D eigenvalue weighted by Gasteiger charge is -2.14. The number of nitrogens with one attached hydrogen (secondary N) is 2. The van der Waals surface area contributed by atoms with Gasteiger partial charge in [0.05, 0.1) is 16.1 Å². The van der Waals surface area contributed by atoms with Crippen molar-refractivity contribution < 1.29 is 14.1 Å². The number of aromatic nitrogens is 2. The number of aromatic amines is 1. The third-order valence-electron chi connectivity index (χ3n) is 2.27. The Morgan fingerprint density at radius 3 is 2.48 bits per heavy atom. The molecule has 1 aromatic carbocycles. The quantitative estimate of drug-likeness (QED) is 0.897. The van der Waals surface area contributed by atoms with E-state index >= 15 is 0 Å². The molecule has 0 unspecified atom stereocenters. The van der Waals surface area contributed by atoms with Crippen LogP contribution in [0.15, 0.2) is 21.5 Å². The van der Waals surface area contributed by atoms with Crippen LogP contribution in [-0.4, -0.2) is 22.2 Å². The lowest BCUT2D eigenvalue weighted by Crippen LogP contribution is -2.15. The molecule has 0 aliphatic rings. The SMILES string of the molecule is CC(C)Oc1c(Cl)cc(NC(=O)c2noc(=O)[nH]2)cc1Cl. The molecule has 0 fully saturated rings. The number of halogens is 2. The van der Waals surface area contributed by atoms with Crippen molar-refractivity contribution >= 4 is 34.8 Å². The minimum atomic E-state index is -0.822. The lowest BCUT2D eigenvalue weighted by molar-refractivity contribution is 0.101. The smallest absolute Gasteiger partial charge is 0.439 e. The molecular weight excluding hydrogens is 321 g/mol. The predicted molar refractivity (Wildman–Crippen MR) is 77.3 cm³/mol. The van der Waals surface area contributed by atoms with Crippen LogP contribution in [0.25, 0.3) is 0 Å². The first-order chi connectivity index (χ1) is 9.86. The summed E-state index contributed by atoms with van der Waals surface area (Å²) in [6.45, 7) is 3.67. The van der Waals surface area contributed by atoms with Crippen LogP contribution in [0.3, 0.4) is 0 Å². The van der Waals surface area contributed by atoms with Crippen molar-refractivity contribution in [2.24, 2.45) is 0 Å². The first-order valence-electron chi connectivity index (χ1n) is 5.90. The van der Waals surface area contributed by atoms with Crippen LogP contribution in [0.1, 0.15) is 24.5 Å². The van der Waals surface area contributed by atoms with E-state index in [-0.39, 0.29) is 22.0 Å². The van der Waals surface area contributed by atoms with E-state index < -0.39 is 11.7 Å². The van der Waals surface area contributed by atoms with Crippen molar-refractivity contribution in [3.05, 3.63) is 38.6 Å². The normalized spacial score (nSPS) is 10.7. The van der Waals surface area contributed by atoms with E-state index in [1.807, 2.05) is 13.8 Å². The van der Waals surface area contributed by atoms with Gasteiger partial charge in [0, 0.05) is 5.69 Å². The zero-order chi connectivity index (χ0) is 15.6. The van der Waals surface area contributed by atoms with Crippen molar-refractivity contribution in [3.8, 4) is 5.75 Å². The van der Waals surface area contributed by atoms with Crippen molar-refractivity contribution in [1.82, 2.24) is 10.1 Å². The highest BCUT2D eigenvalue weighted by molar-refractivity contribution is 6.37. The molecule has 0 saturated heterocycles. The van der Waals surface area contributed by atoms with Gasteiger partial charge in [0.2, 0.25) is 5.82 Å². The number of H-pyrrole nitrogens is 1. The first kappa shape index (κ1) is 15.4. The Hall–Kier alpha value is -1.99. The summed E-state index contributed by atoms with van der Waals surface area (Å²) >= 11 is 12.1. The third-order valence-corrected chi connectivity index (χ3v) is 2.83. The Labute approximate surface area is 129 Å². The standard InChI is InChI=1S/C12H11Cl2N3O4/c1-5(2)20-9-7(13)3-6(4-8(9)14)15-11(18)10-16-12(19)21-17-10/h3-5H,1-2H3,(H,15,18)(H,16,17,19). The van der Waals surface area contributed by atoms with E-state index in [2.05, 4.69) is 20.0 Å². The van der Waals surface area contributed by atoms with Crippen molar-refractivity contribution in [1.29, 1.82) is 0 Å².